The second-order valence-corrected chi connectivity index (χ2v) is 25.1. The van der Waals surface area contributed by atoms with Crippen molar-refractivity contribution in [2.24, 2.45) is 0 Å². The fourth-order valence-corrected chi connectivity index (χ4v) is 15.1. The molecular formula is C80H88O12. The van der Waals surface area contributed by atoms with Crippen molar-refractivity contribution in [3.63, 3.8) is 0 Å². The van der Waals surface area contributed by atoms with Crippen LogP contribution in [0.2, 0.25) is 0 Å². The van der Waals surface area contributed by atoms with Crippen molar-refractivity contribution < 1.29 is 56.8 Å². The Bertz CT molecular complexity index is 3260. The number of ether oxygens (including phenoxy) is 12. The van der Waals surface area contributed by atoms with E-state index < -0.39 is 0 Å². The maximum Gasteiger partial charge on any atom is 0.230 e. The van der Waals surface area contributed by atoms with Gasteiger partial charge in [-0.3, -0.25) is 0 Å². The summed E-state index contributed by atoms with van der Waals surface area (Å²) in [5.41, 5.74) is 15.8. The van der Waals surface area contributed by atoms with Gasteiger partial charge in [-0.2, -0.15) is 0 Å². The van der Waals surface area contributed by atoms with Crippen molar-refractivity contribution in [1.29, 1.82) is 0 Å². The van der Waals surface area contributed by atoms with Crippen molar-refractivity contribution >= 4 is 0 Å². The van der Waals surface area contributed by atoms with Crippen LogP contribution < -0.4 is 56.8 Å². The third-order valence-electron chi connectivity index (χ3n) is 19.7. The van der Waals surface area contributed by atoms with E-state index in [0.717, 1.165) is 261 Å². The molecule has 0 atom stereocenters. The molecule has 0 spiro atoms. The first-order valence-electron chi connectivity index (χ1n) is 33.8. The largest absolute Gasteiger partial charge is 0.497 e. The van der Waals surface area contributed by atoms with Crippen molar-refractivity contribution in [2.45, 2.75) is 154 Å². The summed E-state index contributed by atoms with van der Waals surface area (Å²) in [6, 6.07) is 43.2. The quantitative estimate of drug-likeness (QED) is 0.0537. The topological polar surface area (TPSA) is 111 Å². The summed E-state index contributed by atoms with van der Waals surface area (Å²) in [5, 5.41) is 0. The highest BCUT2D eigenvalue weighted by Crippen LogP contribution is 2.62. The van der Waals surface area contributed by atoms with Gasteiger partial charge in [0.25, 0.3) is 0 Å². The maximum absolute atomic E-state index is 7.35. The van der Waals surface area contributed by atoms with E-state index in [2.05, 4.69) is 100 Å². The number of methoxy groups -OCH3 is 4. The molecule has 5 aliphatic rings. The Hall–Kier alpha value is -8.64. The van der Waals surface area contributed by atoms with Gasteiger partial charge in [0.2, 0.25) is 27.2 Å². The van der Waals surface area contributed by atoms with Crippen LogP contribution in [0, 0.1) is 0 Å². The Morgan fingerprint density at radius 2 is 0.435 bits per heavy atom. The monoisotopic (exact) mass is 1240 g/mol. The first-order valence-corrected chi connectivity index (χ1v) is 33.8. The zero-order valence-corrected chi connectivity index (χ0v) is 54.9. The van der Waals surface area contributed by atoms with Crippen LogP contribution in [0.4, 0.5) is 0 Å². The standard InChI is InChI=1S/C80H88O12/c1-9-13-17-21-57-61-41-63-58(22-18-14-10-2)65-43-67-60(24-20-16-12-4)68-44-66-59(23-19-15-11-3)64-42-62(57)74-70(50-27-35-54(82-6)36-28-50)76(64)88-47-90-78(66)72(52-31-39-56(84-8)40-32-52)80(68)92-48-91-79(67)71(51-29-37-55(83-7)38-30-51)77(65)89-46-87-75(63)69(73(61)85-45-86-74)49-25-33-53(81-5)34-26-49/h25-44,57-60H,9-24,45-48H2,1-8H3. The third kappa shape index (κ3) is 11.8. The zero-order valence-electron chi connectivity index (χ0n) is 54.9. The number of hydrogen-bond donors (Lipinski definition) is 0. The predicted molar refractivity (Wildman–Crippen MR) is 362 cm³/mol. The third-order valence-corrected chi connectivity index (χ3v) is 19.7. The van der Waals surface area contributed by atoms with Crippen LogP contribution in [-0.4, -0.2) is 55.6 Å². The van der Waals surface area contributed by atoms with E-state index in [1.54, 1.807) is 28.4 Å². The summed E-state index contributed by atoms with van der Waals surface area (Å²) in [4.78, 5) is 0. The van der Waals surface area contributed by atoms with Gasteiger partial charge < -0.3 is 56.8 Å². The first-order chi connectivity index (χ1) is 45.3. The van der Waals surface area contributed by atoms with Gasteiger partial charge in [-0.25, -0.2) is 0 Å². The second-order valence-electron chi connectivity index (χ2n) is 25.1. The van der Waals surface area contributed by atoms with E-state index >= 15 is 0 Å². The number of benzene rings is 8. The molecule has 92 heavy (non-hydrogen) atoms. The molecule has 1 aliphatic carbocycles. The van der Waals surface area contributed by atoms with Gasteiger partial charge >= 0.3 is 0 Å². The second kappa shape index (κ2) is 28.1. The highest BCUT2D eigenvalue weighted by Gasteiger charge is 2.42. The molecule has 13 rings (SSSR count). The summed E-state index contributed by atoms with van der Waals surface area (Å²) < 4.78 is 82.2. The maximum atomic E-state index is 7.35. The molecule has 12 nitrogen and oxygen atoms in total. The Morgan fingerprint density at radius 3 is 0.587 bits per heavy atom. The van der Waals surface area contributed by atoms with Crippen LogP contribution in [0.1, 0.15) is 199 Å². The van der Waals surface area contributed by atoms with E-state index in [0.29, 0.717) is 0 Å². The predicted octanol–water partition coefficient (Wildman–Crippen LogP) is 20.5. The lowest BCUT2D eigenvalue weighted by Crippen LogP contribution is -2.24. The molecule has 8 bridgehead atoms. The van der Waals surface area contributed by atoms with E-state index in [9.17, 15) is 0 Å². The lowest BCUT2D eigenvalue weighted by molar-refractivity contribution is 0.101. The molecule has 0 saturated carbocycles. The fourth-order valence-electron chi connectivity index (χ4n) is 15.1. The summed E-state index contributed by atoms with van der Waals surface area (Å²) in [6.45, 7) is 8.73. The number of unbranched alkanes of at least 4 members (excludes halogenated alkanes) is 8. The first kappa shape index (κ1) is 62.2. The Labute approximate surface area is 543 Å². The molecule has 0 N–H and O–H groups in total. The van der Waals surface area contributed by atoms with Gasteiger partial charge in [0.05, 0.1) is 50.7 Å². The van der Waals surface area contributed by atoms with Crippen molar-refractivity contribution in [3.05, 3.63) is 166 Å². The molecule has 8 aromatic rings. The highest BCUT2D eigenvalue weighted by molar-refractivity contribution is 5.89. The fraction of sp³-hybridized carbons (Fsp3) is 0.400. The Morgan fingerprint density at radius 1 is 0.261 bits per heavy atom. The molecule has 0 radical (unpaired) electrons. The highest BCUT2D eigenvalue weighted by atomic mass is 16.7. The molecule has 8 aromatic carbocycles. The normalized spacial score (nSPS) is 17.0. The minimum Gasteiger partial charge on any atom is -0.497 e. The van der Waals surface area contributed by atoms with E-state index in [1.165, 1.54) is 0 Å². The number of rotatable bonds is 24. The SMILES string of the molecule is CCCCCC1c2cc3c4c(-c5ccc(OC)cc5)c2OCOc2c1cc1c(c2-c2ccc(OC)cc2)OCOc2c(cc5c(c2-c2ccc(OC)cc2)OCOc2c(cc(c(c2-c2ccc(OC)cc2)OCO4)C3CCCCC)C5CCCCC)C1CCCCC. The molecule has 480 valence electrons. The van der Waals surface area contributed by atoms with Crippen LogP contribution in [0.5, 0.6) is 69.0 Å². The average molecular weight is 1240 g/mol. The molecule has 4 heterocycles. The molecule has 0 aromatic heterocycles. The van der Waals surface area contributed by atoms with Gasteiger partial charge in [-0.15, -0.1) is 0 Å². The summed E-state index contributed by atoms with van der Waals surface area (Å²) in [5.74, 6) is 7.87. The van der Waals surface area contributed by atoms with Crippen LogP contribution in [-0.2, 0) is 0 Å². The van der Waals surface area contributed by atoms with Gasteiger partial charge in [0.15, 0.2) is 0 Å². The molecule has 4 aliphatic heterocycles. The summed E-state index contributed by atoms with van der Waals surface area (Å²) >= 11 is 0. The Balaban J connectivity index is 1.25. The number of hydrogen-bond acceptors (Lipinski definition) is 12. The Kier molecular flexibility index (Phi) is 19.0. The van der Waals surface area contributed by atoms with Crippen molar-refractivity contribution in [3.8, 4) is 114 Å². The summed E-state index contributed by atoms with van der Waals surface area (Å²) in [6.07, 6.45) is 15.4. The van der Waals surface area contributed by atoms with Gasteiger partial charge in [0, 0.05) is 68.2 Å². The van der Waals surface area contributed by atoms with Crippen molar-refractivity contribution in [2.75, 3.05) is 55.6 Å². The average Bonchev–Trinajstić information content (AvgIpc) is 0.745. The molecule has 12 heteroatoms. The van der Waals surface area contributed by atoms with Gasteiger partial charge in [-0.05, 0) is 121 Å². The van der Waals surface area contributed by atoms with Crippen LogP contribution >= 0.6 is 0 Å². The lowest BCUT2D eigenvalue weighted by atomic mass is 9.73. The van der Waals surface area contributed by atoms with E-state index in [4.69, 9.17) is 56.8 Å². The van der Waals surface area contributed by atoms with Crippen LogP contribution in [0.15, 0.2) is 121 Å². The van der Waals surface area contributed by atoms with Crippen LogP contribution in [0.25, 0.3) is 44.5 Å². The van der Waals surface area contributed by atoms with E-state index in [-0.39, 0.29) is 50.8 Å². The minimum absolute atomic E-state index is 0.0990. The van der Waals surface area contributed by atoms with Gasteiger partial charge in [0.1, 0.15) is 69.0 Å². The molecular weight excluding hydrogens is 1150 g/mol. The molecule has 0 fully saturated rings. The summed E-state index contributed by atoms with van der Waals surface area (Å²) in [7, 11) is 6.84. The van der Waals surface area contributed by atoms with Crippen LogP contribution in [0.3, 0.4) is 0 Å². The molecule has 0 unspecified atom stereocenters. The lowest BCUT2D eigenvalue weighted by Gasteiger charge is -2.38. The molecule has 0 saturated heterocycles. The minimum atomic E-state index is -0.241. The smallest absolute Gasteiger partial charge is 0.230 e. The van der Waals surface area contributed by atoms with Gasteiger partial charge in [-0.1, -0.05) is 153 Å². The van der Waals surface area contributed by atoms with Crippen molar-refractivity contribution in [1.82, 2.24) is 0 Å². The molecule has 0 amide bonds. The van der Waals surface area contributed by atoms with E-state index in [1.807, 2.05) is 48.5 Å². The zero-order chi connectivity index (χ0) is 63.2.